The summed E-state index contributed by atoms with van der Waals surface area (Å²) in [6.07, 6.45) is 8.92. The number of aromatic nitrogens is 2. The molecule has 1 amide bonds. The van der Waals surface area contributed by atoms with Gasteiger partial charge in [0.15, 0.2) is 0 Å². The lowest BCUT2D eigenvalue weighted by Gasteiger charge is -2.47. The van der Waals surface area contributed by atoms with Crippen molar-refractivity contribution in [3.05, 3.63) is 42.2 Å². The van der Waals surface area contributed by atoms with Crippen LogP contribution in [0.3, 0.4) is 0 Å². The third kappa shape index (κ3) is 4.90. The van der Waals surface area contributed by atoms with Gasteiger partial charge < -0.3 is 19.4 Å². The van der Waals surface area contributed by atoms with Crippen molar-refractivity contribution in [1.29, 1.82) is 0 Å². The van der Waals surface area contributed by atoms with Crippen LogP contribution in [0.25, 0.3) is 11.3 Å². The molecule has 0 atom stereocenters. The van der Waals surface area contributed by atoms with E-state index in [4.69, 9.17) is 14.7 Å². The summed E-state index contributed by atoms with van der Waals surface area (Å²) < 4.78 is 5.50. The maximum absolute atomic E-state index is 12.3. The summed E-state index contributed by atoms with van der Waals surface area (Å²) in [5.41, 5.74) is 3.23. The Balaban J connectivity index is 1.21. The smallest absolute Gasteiger partial charge is 0.410 e. The van der Waals surface area contributed by atoms with Crippen LogP contribution < -0.4 is 4.90 Å². The molecule has 3 aliphatic heterocycles. The lowest BCUT2D eigenvalue weighted by molar-refractivity contribution is 0.0240. The maximum Gasteiger partial charge on any atom is 0.410 e. The number of piperidine rings is 2. The normalized spacial score (nSPS) is 25.2. The van der Waals surface area contributed by atoms with E-state index in [-0.39, 0.29) is 6.09 Å². The first-order chi connectivity index (χ1) is 16.3. The van der Waals surface area contributed by atoms with Gasteiger partial charge in [0.2, 0.25) is 0 Å². The Kier molecular flexibility index (Phi) is 6.23. The first-order valence-corrected chi connectivity index (χ1v) is 12.7. The average molecular weight is 464 g/mol. The minimum atomic E-state index is -0.468. The number of pyridine rings is 2. The molecule has 2 bridgehead atoms. The molecule has 34 heavy (non-hydrogen) atoms. The fourth-order valence-corrected chi connectivity index (χ4v) is 5.69. The van der Waals surface area contributed by atoms with Crippen molar-refractivity contribution in [3.63, 3.8) is 0 Å². The Labute approximate surface area is 203 Å². The molecule has 3 saturated heterocycles. The minimum Gasteiger partial charge on any atom is -0.444 e. The molecule has 5 heterocycles. The lowest BCUT2D eigenvalue weighted by Crippen LogP contribution is -2.50. The van der Waals surface area contributed by atoms with Crippen molar-refractivity contribution < 1.29 is 9.53 Å². The molecule has 0 spiro atoms. The van der Waals surface area contributed by atoms with Gasteiger partial charge in [-0.15, -0.1) is 0 Å². The number of rotatable bonds is 3. The Morgan fingerprint density at radius 3 is 2.24 bits per heavy atom. The van der Waals surface area contributed by atoms with Gasteiger partial charge >= 0.3 is 6.09 Å². The molecule has 0 unspecified atom stereocenters. The second-order valence-electron chi connectivity index (χ2n) is 11.1. The van der Waals surface area contributed by atoms with Crippen LogP contribution in [0.4, 0.5) is 10.6 Å². The van der Waals surface area contributed by atoms with Gasteiger partial charge in [0.1, 0.15) is 11.4 Å². The molecule has 7 nitrogen and oxygen atoms in total. The van der Waals surface area contributed by atoms with E-state index in [1.165, 1.54) is 50.9 Å². The topological polar surface area (TPSA) is 61.8 Å². The van der Waals surface area contributed by atoms with Crippen LogP contribution in [0.1, 0.15) is 52.0 Å². The van der Waals surface area contributed by atoms with Crippen molar-refractivity contribution in [1.82, 2.24) is 19.8 Å². The lowest BCUT2D eigenvalue weighted by atomic mass is 9.69. The predicted octanol–water partition coefficient (Wildman–Crippen LogP) is 4.33. The SMILES string of the molecule is CC(C)(C)OC(=O)N1CCN(c2ccc(-c3ccc(C45CCCN(CCC4)C5)cn3)cn2)CC1. The number of carbonyl (C=O) groups excluding carboxylic acids is 1. The molecule has 0 radical (unpaired) electrons. The van der Waals surface area contributed by atoms with Gasteiger partial charge in [-0.3, -0.25) is 4.98 Å². The van der Waals surface area contributed by atoms with Gasteiger partial charge in [-0.25, -0.2) is 9.78 Å². The summed E-state index contributed by atoms with van der Waals surface area (Å²) >= 11 is 0. The molecule has 7 heteroatoms. The monoisotopic (exact) mass is 463 g/mol. The van der Waals surface area contributed by atoms with E-state index >= 15 is 0 Å². The molecule has 0 aromatic carbocycles. The molecular formula is C27H37N5O2. The molecule has 0 N–H and O–H groups in total. The standard InChI is InChI=1S/C27H37N5O2/c1-26(2,3)34-25(33)32-16-14-31(15-17-32)24-9-6-21(18-29-24)23-8-7-22(19-28-23)27-10-4-12-30(20-27)13-5-11-27/h6-9,18-19H,4-5,10-17,20H2,1-3H3. The van der Waals surface area contributed by atoms with Crippen molar-refractivity contribution >= 4 is 11.9 Å². The van der Waals surface area contributed by atoms with E-state index in [0.29, 0.717) is 18.5 Å². The van der Waals surface area contributed by atoms with Crippen LogP contribution in [0.5, 0.6) is 0 Å². The number of anilines is 1. The first kappa shape index (κ1) is 23.1. The van der Waals surface area contributed by atoms with Crippen molar-refractivity contribution in [2.24, 2.45) is 0 Å². The highest BCUT2D eigenvalue weighted by Crippen LogP contribution is 2.41. The van der Waals surface area contributed by atoms with Crippen LogP contribution in [0, 0.1) is 0 Å². The number of hydrogen-bond acceptors (Lipinski definition) is 6. The van der Waals surface area contributed by atoms with Gasteiger partial charge in [-0.05, 0) is 83.3 Å². The molecule has 0 aliphatic carbocycles. The van der Waals surface area contributed by atoms with Gasteiger partial charge in [0.25, 0.3) is 0 Å². The zero-order chi connectivity index (χ0) is 23.8. The van der Waals surface area contributed by atoms with Gasteiger partial charge in [0, 0.05) is 56.1 Å². The van der Waals surface area contributed by atoms with E-state index in [9.17, 15) is 4.79 Å². The molecule has 0 saturated carbocycles. The average Bonchev–Trinajstić information content (AvgIpc) is 2.83. The number of carbonyl (C=O) groups is 1. The summed E-state index contributed by atoms with van der Waals surface area (Å²) in [6.45, 7) is 12.2. The Hall–Kier alpha value is -2.67. The summed E-state index contributed by atoms with van der Waals surface area (Å²) in [7, 11) is 0. The van der Waals surface area contributed by atoms with Crippen LogP contribution in [0.2, 0.25) is 0 Å². The van der Waals surface area contributed by atoms with E-state index in [1.54, 1.807) is 4.90 Å². The number of amides is 1. The Bertz CT molecular complexity index is 981. The van der Waals surface area contributed by atoms with E-state index < -0.39 is 5.60 Å². The quantitative estimate of drug-likeness (QED) is 0.675. The Morgan fingerprint density at radius 1 is 0.912 bits per heavy atom. The summed E-state index contributed by atoms with van der Waals surface area (Å²) in [5.74, 6) is 0.938. The minimum absolute atomic E-state index is 0.237. The van der Waals surface area contributed by atoms with Crippen LogP contribution in [-0.4, -0.2) is 77.3 Å². The van der Waals surface area contributed by atoms with Crippen LogP contribution in [-0.2, 0) is 10.2 Å². The molecule has 3 fully saturated rings. The summed E-state index contributed by atoms with van der Waals surface area (Å²) in [5, 5.41) is 0. The summed E-state index contributed by atoms with van der Waals surface area (Å²) in [4.78, 5) is 28.5. The highest BCUT2D eigenvalue weighted by Gasteiger charge is 2.39. The van der Waals surface area contributed by atoms with E-state index in [0.717, 1.165) is 30.2 Å². The Morgan fingerprint density at radius 2 is 1.65 bits per heavy atom. The summed E-state index contributed by atoms with van der Waals surface area (Å²) in [6, 6.07) is 8.62. The predicted molar refractivity (Wildman–Crippen MR) is 134 cm³/mol. The van der Waals surface area contributed by atoms with Crippen molar-refractivity contribution in [2.75, 3.05) is 50.7 Å². The number of nitrogens with zero attached hydrogens (tertiary/aromatic N) is 5. The van der Waals surface area contributed by atoms with E-state index in [2.05, 4.69) is 40.3 Å². The molecule has 3 aliphatic rings. The van der Waals surface area contributed by atoms with Gasteiger partial charge in [0.05, 0.1) is 5.69 Å². The molecule has 2 aromatic rings. The molecule has 182 valence electrons. The second-order valence-corrected chi connectivity index (χ2v) is 11.1. The number of piperazine rings is 1. The zero-order valence-electron chi connectivity index (χ0n) is 20.8. The number of ether oxygens (including phenoxy) is 1. The largest absolute Gasteiger partial charge is 0.444 e. The zero-order valence-corrected chi connectivity index (χ0v) is 20.8. The third-order valence-electron chi connectivity index (χ3n) is 7.46. The van der Waals surface area contributed by atoms with Crippen molar-refractivity contribution in [3.8, 4) is 11.3 Å². The van der Waals surface area contributed by atoms with Gasteiger partial charge in [-0.2, -0.15) is 0 Å². The van der Waals surface area contributed by atoms with Crippen molar-refractivity contribution in [2.45, 2.75) is 57.5 Å². The molecule has 2 aromatic heterocycles. The van der Waals surface area contributed by atoms with Crippen LogP contribution in [0.15, 0.2) is 36.7 Å². The number of fused-ring (bicyclic) bond motifs is 2. The first-order valence-electron chi connectivity index (χ1n) is 12.7. The highest BCUT2D eigenvalue weighted by atomic mass is 16.6. The van der Waals surface area contributed by atoms with E-state index in [1.807, 2.05) is 27.0 Å². The molecular weight excluding hydrogens is 426 g/mol. The number of hydrogen-bond donors (Lipinski definition) is 0. The third-order valence-corrected chi connectivity index (χ3v) is 7.46. The molecule has 5 rings (SSSR count). The maximum atomic E-state index is 12.3. The fourth-order valence-electron chi connectivity index (χ4n) is 5.69. The highest BCUT2D eigenvalue weighted by molar-refractivity contribution is 5.68. The fraction of sp³-hybridized carbons (Fsp3) is 0.593. The second kappa shape index (κ2) is 9.17. The van der Waals surface area contributed by atoms with Gasteiger partial charge in [-0.1, -0.05) is 6.07 Å². The van der Waals surface area contributed by atoms with Crippen LogP contribution >= 0.6 is 0 Å².